The molecule has 7 amide bonds. The van der Waals surface area contributed by atoms with Gasteiger partial charge >= 0.3 is 30.2 Å². The van der Waals surface area contributed by atoms with Crippen LogP contribution in [-0.2, 0) is 71.6 Å². The highest BCUT2D eigenvalue weighted by molar-refractivity contribution is 5.99. The molecule has 5 aromatic rings. The molecule has 4 heterocycles. The molecule has 406 valence electrons. The van der Waals surface area contributed by atoms with Crippen molar-refractivity contribution in [1.82, 2.24) is 35.3 Å². The van der Waals surface area contributed by atoms with E-state index in [0.29, 0.717) is 40.1 Å². The summed E-state index contributed by atoms with van der Waals surface area (Å²) in [6, 6.07) is 18.8. The van der Waals surface area contributed by atoms with Crippen LogP contribution in [0.5, 0.6) is 5.75 Å². The van der Waals surface area contributed by atoms with Gasteiger partial charge in [0, 0.05) is 68.8 Å². The normalized spacial score (nSPS) is 14.8. The molecule has 0 radical (unpaired) electrons. The van der Waals surface area contributed by atoms with E-state index in [-0.39, 0.29) is 93.9 Å². The van der Waals surface area contributed by atoms with Crippen LogP contribution in [0.15, 0.2) is 83.7 Å². The average molecular weight is 1060 g/mol. The number of pyridine rings is 2. The summed E-state index contributed by atoms with van der Waals surface area (Å²) in [4.78, 5) is 122. The van der Waals surface area contributed by atoms with Crippen molar-refractivity contribution in [3.63, 3.8) is 0 Å². The molecule has 0 aliphatic carbocycles. The topological polar surface area (TPSA) is 320 Å². The largest absolute Gasteiger partial charge is 0.481 e. The van der Waals surface area contributed by atoms with Crippen molar-refractivity contribution in [1.29, 1.82) is 0 Å². The molecular weight excluding hydrogens is 999 g/mol. The van der Waals surface area contributed by atoms with Crippen molar-refractivity contribution in [3.05, 3.63) is 123 Å². The predicted octanol–water partition coefficient (Wildman–Crippen LogP) is 3.81. The number of ether oxygens (including phenoxy) is 3. The fourth-order valence-electron chi connectivity index (χ4n) is 9.04. The molecule has 0 unspecified atom stereocenters. The molecule has 0 saturated carbocycles. The molecule has 8 N–H and O–H groups in total. The van der Waals surface area contributed by atoms with Gasteiger partial charge in [-0.05, 0) is 78.8 Å². The zero-order chi connectivity index (χ0) is 55.6. The minimum Gasteiger partial charge on any atom is -0.481 e. The number of aliphatic carboxylic acids is 1. The minimum absolute atomic E-state index is 0.0231. The van der Waals surface area contributed by atoms with E-state index < -0.39 is 72.0 Å². The molecule has 0 bridgehead atoms. The van der Waals surface area contributed by atoms with Crippen LogP contribution < -0.4 is 37.3 Å². The first-order chi connectivity index (χ1) is 36.8. The van der Waals surface area contributed by atoms with Gasteiger partial charge < -0.3 is 65.8 Å². The summed E-state index contributed by atoms with van der Waals surface area (Å²) in [5.41, 5.74) is 8.27. The van der Waals surface area contributed by atoms with Crippen molar-refractivity contribution in [2.24, 2.45) is 5.73 Å². The van der Waals surface area contributed by atoms with Gasteiger partial charge in [0.25, 0.3) is 5.56 Å². The molecule has 0 fully saturated rings. The van der Waals surface area contributed by atoms with Crippen LogP contribution in [0, 0.1) is 0 Å². The maximum atomic E-state index is 13.7. The number of aryl methyl sites for hydroxylation is 1. The summed E-state index contributed by atoms with van der Waals surface area (Å²) in [6.45, 7) is 3.73. The van der Waals surface area contributed by atoms with Crippen LogP contribution in [0.2, 0.25) is 0 Å². The first kappa shape index (κ1) is 55.9. The highest BCUT2D eigenvalue weighted by Crippen LogP contribution is 2.41. The minimum atomic E-state index is -1.95. The molecule has 77 heavy (non-hydrogen) atoms. The number of carboxylic acid groups (broad SMARTS) is 1. The van der Waals surface area contributed by atoms with Crippen LogP contribution in [0.3, 0.4) is 0 Å². The van der Waals surface area contributed by atoms with E-state index in [1.54, 1.807) is 90.4 Å². The number of nitrogens with two attached hydrogens (primary N) is 1. The second-order valence-corrected chi connectivity index (χ2v) is 18.7. The lowest BCUT2D eigenvalue weighted by molar-refractivity contribution is -0.172. The summed E-state index contributed by atoms with van der Waals surface area (Å²) >= 11 is 0. The number of likely N-dealkylation sites (N-methyl/N-ethyl adjacent to an activating group) is 2. The Bertz CT molecular complexity index is 3150. The third-order valence-corrected chi connectivity index (χ3v) is 13.4. The van der Waals surface area contributed by atoms with Crippen LogP contribution in [0.4, 0.5) is 20.1 Å². The second kappa shape index (κ2) is 24.7. The van der Waals surface area contributed by atoms with E-state index in [9.17, 15) is 48.3 Å². The summed E-state index contributed by atoms with van der Waals surface area (Å²) in [7, 11) is 3.03. The van der Waals surface area contributed by atoms with Crippen molar-refractivity contribution in [2.45, 2.75) is 96.2 Å². The van der Waals surface area contributed by atoms with Crippen LogP contribution >= 0.6 is 0 Å². The standard InChI is InChI=1S/C54H61N9O14/c1-5-35-36-26-34(18-19-40(36)59-46-37(35)28-63-43(46)27-39-38(49(63)69)30-75-50(70)54(39,74)6-2)77-53(73)62(4)24-23-61(3)52(72)76-29-32-14-16-33(17-15-32)57-47(67)41(13-10-22-56-51(55)71)60-48(68)42(25-31-11-8-7-9-12-31)58-44(64)20-21-45(65)66/h7-9,11-12,14-19,26-27,41-42,74H,5-6,10,13,20-25,28-30H2,1-4H3,(H,57,67)(H,58,64)(H,60,68)(H,65,66)(H3,55,56,71)/t41-,42-,54-/m0/s1. The monoisotopic (exact) mass is 1060 g/mol. The third kappa shape index (κ3) is 13.3. The summed E-state index contributed by atoms with van der Waals surface area (Å²) < 4.78 is 18.0. The van der Waals surface area contributed by atoms with Crippen LogP contribution in [0.1, 0.15) is 79.3 Å². The van der Waals surface area contributed by atoms with Crippen molar-refractivity contribution in [2.75, 3.05) is 39.0 Å². The van der Waals surface area contributed by atoms with E-state index in [1.807, 2.05) is 6.92 Å². The van der Waals surface area contributed by atoms with Gasteiger partial charge in [0.2, 0.25) is 17.7 Å². The Balaban J connectivity index is 0.913. The first-order valence-electron chi connectivity index (χ1n) is 25.0. The number of cyclic esters (lactones) is 1. The molecule has 0 spiro atoms. The molecule has 2 aliphatic rings. The number of urea groups is 1. The Morgan fingerprint density at radius 1 is 0.857 bits per heavy atom. The van der Waals surface area contributed by atoms with Gasteiger partial charge in [-0.3, -0.25) is 24.0 Å². The zero-order valence-corrected chi connectivity index (χ0v) is 43.0. The lowest BCUT2D eigenvalue weighted by Crippen LogP contribution is -2.53. The molecule has 2 aromatic heterocycles. The number of primary amides is 1. The Hall–Kier alpha value is -8.86. The number of aromatic nitrogens is 2. The van der Waals surface area contributed by atoms with Crippen molar-refractivity contribution in [3.8, 4) is 17.1 Å². The first-order valence-corrected chi connectivity index (χ1v) is 25.0. The van der Waals surface area contributed by atoms with E-state index in [1.165, 1.54) is 23.9 Å². The fourth-order valence-corrected chi connectivity index (χ4v) is 9.04. The number of carboxylic acids is 1. The van der Waals surface area contributed by atoms with Gasteiger partial charge in [0.1, 0.15) is 31.0 Å². The number of esters is 1. The lowest BCUT2D eigenvalue weighted by Gasteiger charge is -2.31. The van der Waals surface area contributed by atoms with E-state index in [0.717, 1.165) is 16.5 Å². The number of benzene rings is 3. The van der Waals surface area contributed by atoms with Gasteiger partial charge in [-0.2, -0.15) is 0 Å². The lowest BCUT2D eigenvalue weighted by atomic mass is 9.86. The number of hydrogen-bond donors (Lipinski definition) is 7. The number of anilines is 1. The quantitative estimate of drug-likeness (QED) is 0.0376. The second-order valence-electron chi connectivity index (χ2n) is 18.7. The molecule has 0 saturated heterocycles. The molecule has 3 aromatic carbocycles. The summed E-state index contributed by atoms with van der Waals surface area (Å²) in [6.07, 6.45) is -1.23. The number of amides is 7. The number of aliphatic hydroxyl groups is 1. The Kier molecular flexibility index (Phi) is 17.9. The molecule has 23 heteroatoms. The molecular formula is C54H61N9O14. The van der Waals surface area contributed by atoms with Gasteiger partial charge in [-0.15, -0.1) is 0 Å². The van der Waals surface area contributed by atoms with Crippen molar-refractivity contribution >= 4 is 64.5 Å². The van der Waals surface area contributed by atoms with Crippen molar-refractivity contribution < 1.29 is 62.8 Å². The highest BCUT2D eigenvalue weighted by Gasteiger charge is 2.45. The average Bonchev–Trinajstić information content (AvgIpc) is 3.82. The Labute approximate surface area is 442 Å². The number of hydrogen-bond acceptors (Lipinski definition) is 14. The molecule has 23 nitrogen and oxygen atoms in total. The molecule has 7 rings (SSSR count). The molecule has 2 aliphatic heterocycles. The zero-order valence-electron chi connectivity index (χ0n) is 43.0. The smallest absolute Gasteiger partial charge is 0.415 e. The maximum Gasteiger partial charge on any atom is 0.415 e. The fraction of sp³-hybridized carbons (Fsp3) is 0.370. The number of nitrogens with zero attached hydrogens (tertiary/aromatic N) is 4. The van der Waals surface area contributed by atoms with Gasteiger partial charge in [0.15, 0.2) is 5.60 Å². The SMILES string of the molecule is CCc1c2c(nc3ccc(OC(=O)N(C)CCN(C)C(=O)OCc4ccc(NC(=O)[C@H](CCCNC(N)=O)NC(=O)[C@H](Cc5ccccc5)NC(=O)CCC(=O)O)cc4)cc13)-c1cc3c(c(=O)n1C2)COC(=O)[C@]3(O)CC. The predicted molar refractivity (Wildman–Crippen MR) is 278 cm³/mol. The van der Waals surface area contributed by atoms with Crippen LogP contribution in [0.25, 0.3) is 22.3 Å². The third-order valence-electron chi connectivity index (χ3n) is 13.4. The van der Waals surface area contributed by atoms with Gasteiger partial charge in [-0.1, -0.05) is 56.3 Å². The Morgan fingerprint density at radius 3 is 2.25 bits per heavy atom. The number of fused-ring (bicyclic) bond motifs is 5. The highest BCUT2D eigenvalue weighted by atomic mass is 16.6. The van der Waals surface area contributed by atoms with Gasteiger partial charge in [-0.25, -0.2) is 24.2 Å². The number of carbonyl (C=O) groups is 8. The Morgan fingerprint density at radius 2 is 1.57 bits per heavy atom. The number of rotatable bonds is 22. The number of nitrogens with one attached hydrogen (secondary N) is 4. The van der Waals surface area contributed by atoms with E-state index >= 15 is 0 Å². The van der Waals surface area contributed by atoms with E-state index in [2.05, 4.69) is 21.3 Å². The summed E-state index contributed by atoms with van der Waals surface area (Å²) in [5, 5.41) is 31.5. The number of carbonyl (C=O) groups excluding carboxylic acids is 7. The molecule has 3 atom stereocenters. The van der Waals surface area contributed by atoms with Gasteiger partial charge in [0.05, 0.1) is 35.4 Å². The van der Waals surface area contributed by atoms with Crippen LogP contribution in [-0.4, -0.2) is 123 Å². The van der Waals surface area contributed by atoms with E-state index in [4.69, 9.17) is 30.0 Å². The maximum absolute atomic E-state index is 13.7. The summed E-state index contributed by atoms with van der Waals surface area (Å²) in [5.74, 6) is -3.69.